The smallest absolute Gasteiger partial charge is 0.159 e. The van der Waals surface area contributed by atoms with Gasteiger partial charge in [0.2, 0.25) is 0 Å². The summed E-state index contributed by atoms with van der Waals surface area (Å²) in [5, 5.41) is 0. The third-order valence-corrected chi connectivity index (χ3v) is 2.81. The van der Waals surface area contributed by atoms with Crippen molar-refractivity contribution in [1.82, 2.24) is 0 Å². The summed E-state index contributed by atoms with van der Waals surface area (Å²) in [6, 6.07) is 0. The van der Waals surface area contributed by atoms with Gasteiger partial charge in [-0.05, 0) is 30.3 Å². The van der Waals surface area contributed by atoms with E-state index in [1.165, 1.54) is 5.57 Å². The molecule has 1 nitrogen and oxygen atoms in total. The Morgan fingerprint density at radius 3 is 2.46 bits per heavy atom. The Hall–Kier alpha value is -0.590. The zero-order valence-electron chi connectivity index (χ0n) is 9.18. The Labute approximate surface area is 81.2 Å². The highest BCUT2D eigenvalue weighted by Crippen LogP contribution is 2.32. The largest absolute Gasteiger partial charge is 0.295 e. The van der Waals surface area contributed by atoms with Crippen LogP contribution < -0.4 is 0 Å². The average molecular weight is 180 g/mol. The monoisotopic (exact) mass is 180 g/mol. The molecule has 1 aliphatic rings. The van der Waals surface area contributed by atoms with Gasteiger partial charge in [0.05, 0.1) is 0 Å². The first-order chi connectivity index (χ1) is 6.06. The molecule has 74 valence electrons. The lowest BCUT2D eigenvalue weighted by molar-refractivity contribution is -0.117. The molecule has 1 aliphatic carbocycles. The van der Waals surface area contributed by atoms with Gasteiger partial charge in [-0.15, -0.1) is 0 Å². The molecule has 0 aromatic rings. The Morgan fingerprint density at radius 1 is 1.38 bits per heavy atom. The summed E-state index contributed by atoms with van der Waals surface area (Å²) in [5.41, 5.74) is 2.53. The van der Waals surface area contributed by atoms with Crippen molar-refractivity contribution < 1.29 is 4.79 Å². The van der Waals surface area contributed by atoms with Crippen molar-refractivity contribution in [2.45, 2.75) is 47.0 Å². The van der Waals surface area contributed by atoms with E-state index in [0.717, 1.165) is 24.8 Å². The molecule has 0 bridgehead atoms. The quantitative estimate of drug-likeness (QED) is 0.637. The first-order valence-corrected chi connectivity index (χ1v) is 5.31. The van der Waals surface area contributed by atoms with Gasteiger partial charge < -0.3 is 0 Å². The fourth-order valence-electron chi connectivity index (χ4n) is 2.29. The van der Waals surface area contributed by atoms with Gasteiger partial charge >= 0.3 is 0 Å². The van der Waals surface area contributed by atoms with Crippen molar-refractivity contribution in [3.05, 3.63) is 11.1 Å². The SMILES string of the molecule is CCC1=C(C(C)C)C(=O)C[C@@H](C)C1. The van der Waals surface area contributed by atoms with Crippen LogP contribution in [0.5, 0.6) is 0 Å². The molecule has 1 rings (SSSR count). The van der Waals surface area contributed by atoms with Gasteiger partial charge in [0.25, 0.3) is 0 Å². The van der Waals surface area contributed by atoms with Crippen LogP contribution in [0.25, 0.3) is 0 Å². The second kappa shape index (κ2) is 4.08. The summed E-state index contributed by atoms with van der Waals surface area (Å²) in [6.45, 7) is 8.57. The van der Waals surface area contributed by atoms with E-state index >= 15 is 0 Å². The zero-order chi connectivity index (χ0) is 10.0. The van der Waals surface area contributed by atoms with Crippen LogP contribution in [0.1, 0.15) is 47.0 Å². The Kier molecular flexibility index (Phi) is 3.29. The second-order valence-electron chi connectivity index (χ2n) is 4.46. The van der Waals surface area contributed by atoms with E-state index in [1.54, 1.807) is 0 Å². The number of carbonyl (C=O) groups is 1. The van der Waals surface area contributed by atoms with E-state index in [-0.39, 0.29) is 0 Å². The van der Waals surface area contributed by atoms with Crippen molar-refractivity contribution >= 4 is 5.78 Å². The molecule has 0 amide bonds. The van der Waals surface area contributed by atoms with E-state index in [9.17, 15) is 4.79 Å². The predicted octanol–water partition coefficient (Wildman–Crippen LogP) is 3.35. The van der Waals surface area contributed by atoms with Gasteiger partial charge in [-0.25, -0.2) is 0 Å². The van der Waals surface area contributed by atoms with Crippen LogP contribution in [0.2, 0.25) is 0 Å². The van der Waals surface area contributed by atoms with Gasteiger partial charge in [-0.1, -0.05) is 33.3 Å². The maximum Gasteiger partial charge on any atom is 0.159 e. The minimum atomic E-state index is 0.394. The highest BCUT2D eigenvalue weighted by molar-refractivity contribution is 5.97. The summed E-state index contributed by atoms with van der Waals surface area (Å²) in [7, 11) is 0. The van der Waals surface area contributed by atoms with E-state index < -0.39 is 0 Å². The lowest BCUT2D eigenvalue weighted by Crippen LogP contribution is -2.20. The number of Topliss-reactive ketones (excluding diaryl/α,β-unsaturated/α-hetero) is 1. The van der Waals surface area contributed by atoms with Crippen LogP contribution in [-0.4, -0.2) is 5.78 Å². The molecule has 0 heterocycles. The summed E-state index contributed by atoms with van der Waals surface area (Å²) in [6.07, 6.45) is 2.94. The summed E-state index contributed by atoms with van der Waals surface area (Å²) < 4.78 is 0. The van der Waals surface area contributed by atoms with Crippen LogP contribution in [0.15, 0.2) is 11.1 Å². The minimum Gasteiger partial charge on any atom is -0.295 e. The first kappa shape index (κ1) is 10.5. The molecule has 0 saturated carbocycles. The summed E-state index contributed by atoms with van der Waals surface area (Å²) in [5.74, 6) is 1.37. The Morgan fingerprint density at radius 2 is 2.00 bits per heavy atom. The number of ketones is 1. The normalized spacial score (nSPS) is 24.4. The molecule has 0 N–H and O–H groups in total. The maximum atomic E-state index is 11.8. The third-order valence-electron chi connectivity index (χ3n) is 2.81. The molecule has 13 heavy (non-hydrogen) atoms. The molecule has 0 aromatic carbocycles. The fraction of sp³-hybridized carbons (Fsp3) is 0.750. The average Bonchev–Trinajstić information content (AvgIpc) is 2.01. The summed E-state index contributed by atoms with van der Waals surface area (Å²) >= 11 is 0. The molecule has 0 unspecified atom stereocenters. The van der Waals surface area contributed by atoms with Gasteiger partial charge in [0.1, 0.15) is 0 Å². The fourth-order valence-corrected chi connectivity index (χ4v) is 2.29. The molecule has 0 aromatic heterocycles. The van der Waals surface area contributed by atoms with Crippen molar-refractivity contribution in [3.8, 4) is 0 Å². The van der Waals surface area contributed by atoms with Crippen LogP contribution in [0.3, 0.4) is 0 Å². The van der Waals surface area contributed by atoms with Crippen LogP contribution in [-0.2, 0) is 4.79 Å². The number of carbonyl (C=O) groups excluding carboxylic acids is 1. The summed E-state index contributed by atoms with van der Waals surface area (Å²) in [4.78, 5) is 11.8. The Bertz CT molecular complexity index is 236. The minimum absolute atomic E-state index is 0.394. The topological polar surface area (TPSA) is 17.1 Å². The molecule has 0 aliphatic heterocycles. The van der Waals surface area contributed by atoms with Crippen LogP contribution in [0.4, 0.5) is 0 Å². The molecule has 0 radical (unpaired) electrons. The standard InChI is InChI=1S/C12H20O/c1-5-10-6-9(4)7-11(13)12(10)8(2)3/h8-9H,5-7H2,1-4H3/t9-/m0/s1. The molecular weight excluding hydrogens is 160 g/mol. The number of hydrogen-bond acceptors (Lipinski definition) is 1. The highest BCUT2D eigenvalue weighted by Gasteiger charge is 2.25. The van der Waals surface area contributed by atoms with Gasteiger partial charge in [0.15, 0.2) is 5.78 Å². The molecule has 1 heteroatoms. The number of hydrogen-bond donors (Lipinski definition) is 0. The molecule has 1 atom stereocenters. The van der Waals surface area contributed by atoms with Gasteiger partial charge in [-0.2, -0.15) is 0 Å². The molecular formula is C12H20O. The van der Waals surface area contributed by atoms with Gasteiger partial charge in [0, 0.05) is 6.42 Å². The van der Waals surface area contributed by atoms with Crippen molar-refractivity contribution in [2.75, 3.05) is 0 Å². The van der Waals surface area contributed by atoms with Crippen LogP contribution in [0, 0.1) is 11.8 Å². The zero-order valence-corrected chi connectivity index (χ0v) is 9.18. The second-order valence-corrected chi connectivity index (χ2v) is 4.46. The number of rotatable bonds is 2. The third kappa shape index (κ3) is 2.20. The first-order valence-electron chi connectivity index (χ1n) is 5.31. The van der Waals surface area contributed by atoms with Crippen molar-refractivity contribution in [1.29, 1.82) is 0 Å². The van der Waals surface area contributed by atoms with E-state index in [2.05, 4.69) is 27.7 Å². The molecule has 0 spiro atoms. The molecule has 0 fully saturated rings. The highest BCUT2D eigenvalue weighted by atomic mass is 16.1. The number of allylic oxidation sites excluding steroid dienone is 2. The van der Waals surface area contributed by atoms with Crippen molar-refractivity contribution in [3.63, 3.8) is 0 Å². The lowest BCUT2D eigenvalue weighted by atomic mass is 9.79. The van der Waals surface area contributed by atoms with E-state index in [4.69, 9.17) is 0 Å². The molecule has 0 saturated heterocycles. The lowest BCUT2D eigenvalue weighted by Gasteiger charge is -2.25. The van der Waals surface area contributed by atoms with E-state index in [1.807, 2.05) is 0 Å². The van der Waals surface area contributed by atoms with Gasteiger partial charge in [-0.3, -0.25) is 4.79 Å². The Balaban J connectivity index is 2.99. The van der Waals surface area contributed by atoms with E-state index in [0.29, 0.717) is 17.6 Å². The van der Waals surface area contributed by atoms with Crippen molar-refractivity contribution in [2.24, 2.45) is 11.8 Å². The van der Waals surface area contributed by atoms with Crippen LogP contribution >= 0.6 is 0 Å². The maximum absolute atomic E-state index is 11.8. The predicted molar refractivity (Wildman–Crippen MR) is 55.6 cm³/mol.